The summed E-state index contributed by atoms with van der Waals surface area (Å²) < 4.78 is 0. The number of nitrogens with zero attached hydrogens (tertiary/aromatic N) is 1. The fraction of sp³-hybridized carbons (Fsp3) is 0.300. The molecular formula is C20H20N4O4S. The fourth-order valence-electron chi connectivity index (χ4n) is 3.53. The van der Waals surface area contributed by atoms with Gasteiger partial charge in [-0.1, -0.05) is 12.1 Å². The highest BCUT2D eigenvalue weighted by Gasteiger charge is 2.39. The van der Waals surface area contributed by atoms with Crippen molar-refractivity contribution in [2.24, 2.45) is 0 Å². The van der Waals surface area contributed by atoms with E-state index in [-0.39, 0.29) is 30.8 Å². The van der Waals surface area contributed by atoms with Gasteiger partial charge in [-0.15, -0.1) is 0 Å². The number of carbonyl (C=O) groups excluding carboxylic acids is 4. The van der Waals surface area contributed by atoms with Crippen molar-refractivity contribution in [3.63, 3.8) is 0 Å². The Balaban J connectivity index is 1.36. The number of amides is 5. The molecule has 0 spiro atoms. The van der Waals surface area contributed by atoms with E-state index < -0.39 is 11.9 Å². The fourth-order valence-corrected chi connectivity index (χ4v) is 4.20. The zero-order valence-electron chi connectivity index (χ0n) is 15.6. The molecule has 5 amide bonds. The highest BCUT2D eigenvalue weighted by atomic mass is 32.1. The molecule has 1 fully saturated rings. The molecule has 2 aromatic rings. The highest BCUT2D eigenvalue weighted by molar-refractivity contribution is 7.07. The standard InChI is InChI=1S/C20H20N4O4S/c25-17-4-3-16(18(26)23-17)24-10-14-2-1-12(7-15(14)19(24)27)8-21-20(28)22-9-13-5-6-29-11-13/h1-2,5-7,11,16H,3-4,8-10H2,(H2,21,22,28)(H,23,25,26). The zero-order valence-corrected chi connectivity index (χ0v) is 16.4. The summed E-state index contributed by atoms with van der Waals surface area (Å²) >= 11 is 1.57. The maximum absolute atomic E-state index is 12.8. The Morgan fingerprint density at radius 3 is 2.66 bits per heavy atom. The first-order valence-corrected chi connectivity index (χ1v) is 10.2. The smallest absolute Gasteiger partial charge is 0.315 e. The van der Waals surface area contributed by atoms with Gasteiger partial charge in [-0.3, -0.25) is 19.7 Å². The average Bonchev–Trinajstić information content (AvgIpc) is 3.33. The maximum atomic E-state index is 12.8. The number of nitrogens with one attached hydrogen (secondary N) is 3. The molecule has 1 aromatic heterocycles. The summed E-state index contributed by atoms with van der Waals surface area (Å²) in [5, 5.41) is 11.8. The highest BCUT2D eigenvalue weighted by Crippen LogP contribution is 2.28. The Morgan fingerprint density at radius 1 is 1.14 bits per heavy atom. The van der Waals surface area contributed by atoms with E-state index in [0.29, 0.717) is 25.1 Å². The van der Waals surface area contributed by atoms with E-state index in [1.165, 1.54) is 4.90 Å². The van der Waals surface area contributed by atoms with Gasteiger partial charge in [0.15, 0.2) is 0 Å². The number of piperidine rings is 1. The van der Waals surface area contributed by atoms with Crippen molar-refractivity contribution in [1.29, 1.82) is 0 Å². The van der Waals surface area contributed by atoms with Crippen LogP contribution in [0.4, 0.5) is 4.79 Å². The molecule has 1 saturated heterocycles. The van der Waals surface area contributed by atoms with Crippen molar-refractivity contribution >= 4 is 35.1 Å². The van der Waals surface area contributed by atoms with Crippen molar-refractivity contribution in [3.05, 3.63) is 57.3 Å². The number of hydrogen-bond donors (Lipinski definition) is 3. The molecule has 9 heteroatoms. The molecule has 3 N–H and O–H groups in total. The van der Waals surface area contributed by atoms with Gasteiger partial charge in [-0.05, 0) is 46.0 Å². The van der Waals surface area contributed by atoms with Crippen LogP contribution in [0.2, 0.25) is 0 Å². The molecule has 2 aliphatic rings. The molecule has 4 rings (SSSR count). The summed E-state index contributed by atoms with van der Waals surface area (Å²) in [4.78, 5) is 49.7. The molecule has 150 valence electrons. The van der Waals surface area contributed by atoms with Gasteiger partial charge in [0.05, 0.1) is 0 Å². The minimum Gasteiger partial charge on any atom is -0.334 e. The second kappa shape index (κ2) is 8.04. The number of urea groups is 1. The van der Waals surface area contributed by atoms with E-state index in [1.54, 1.807) is 17.4 Å². The van der Waals surface area contributed by atoms with Gasteiger partial charge in [-0.25, -0.2) is 4.79 Å². The molecule has 0 radical (unpaired) electrons. The second-order valence-corrected chi connectivity index (χ2v) is 7.84. The first kappa shape index (κ1) is 19.1. The monoisotopic (exact) mass is 412 g/mol. The molecule has 1 aromatic carbocycles. The van der Waals surface area contributed by atoms with E-state index in [9.17, 15) is 19.2 Å². The number of benzene rings is 1. The summed E-state index contributed by atoms with van der Waals surface area (Å²) in [5.74, 6) is -0.953. The van der Waals surface area contributed by atoms with Crippen molar-refractivity contribution in [1.82, 2.24) is 20.9 Å². The molecule has 0 saturated carbocycles. The van der Waals surface area contributed by atoms with E-state index in [2.05, 4.69) is 16.0 Å². The Hall–Kier alpha value is -3.20. The van der Waals surface area contributed by atoms with Crippen LogP contribution >= 0.6 is 11.3 Å². The lowest BCUT2D eigenvalue weighted by Gasteiger charge is -2.29. The summed E-state index contributed by atoms with van der Waals surface area (Å²) in [6.07, 6.45) is 0.565. The topological polar surface area (TPSA) is 108 Å². The first-order valence-electron chi connectivity index (χ1n) is 9.30. The first-order chi connectivity index (χ1) is 14.0. The van der Waals surface area contributed by atoms with Gasteiger partial charge >= 0.3 is 6.03 Å². The average molecular weight is 412 g/mol. The number of rotatable bonds is 5. The summed E-state index contributed by atoms with van der Waals surface area (Å²) in [6, 6.07) is 6.50. The molecule has 1 atom stereocenters. The number of thiophene rings is 1. The van der Waals surface area contributed by atoms with Gasteiger partial charge in [0.1, 0.15) is 6.04 Å². The normalized spacial score (nSPS) is 18.4. The Morgan fingerprint density at radius 2 is 1.93 bits per heavy atom. The third kappa shape index (κ3) is 4.14. The quantitative estimate of drug-likeness (QED) is 0.647. The van der Waals surface area contributed by atoms with Crippen LogP contribution in [0, 0.1) is 0 Å². The van der Waals surface area contributed by atoms with Crippen LogP contribution in [0.15, 0.2) is 35.0 Å². The van der Waals surface area contributed by atoms with Crippen LogP contribution in [0.25, 0.3) is 0 Å². The Labute approximate surface area is 171 Å². The van der Waals surface area contributed by atoms with E-state index in [0.717, 1.165) is 16.7 Å². The molecule has 0 bridgehead atoms. The van der Waals surface area contributed by atoms with Crippen LogP contribution in [0.5, 0.6) is 0 Å². The van der Waals surface area contributed by atoms with Crippen LogP contribution in [-0.4, -0.2) is 34.7 Å². The second-order valence-electron chi connectivity index (χ2n) is 7.06. The van der Waals surface area contributed by atoms with Gasteiger partial charge in [0.2, 0.25) is 11.8 Å². The summed E-state index contributed by atoms with van der Waals surface area (Å²) in [5.41, 5.74) is 3.22. The SMILES string of the molecule is O=C1CCC(N2Cc3ccc(CNC(=O)NCc4ccsc4)cc3C2=O)C(=O)N1. The third-order valence-electron chi connectivity index (χ3n) is 5.08. The zero-order chi connectivity index (χ0) is 20.4. The van der Waals surface area contributed by atoms with Crippen LogP contribution in [-0.2, 0) is 29.2 Å². The van der Waals surface area contributed by atoms with Crippen molar-refractivity contribution < 1.29 is 19.2 Å². The number of carbonyl (C=O) groups is 4. The summed E-state index contributed by atoms with van der Waals surface area (Å²) in [6.45, 7) is 1.09. The van der Waals surface area contributed by atoms with E-state index in [1.807, 2.05) is 29.0 Å². The van der Waals surface area contributed by atoms with Gasteiger partial charge in [0, 0.05) is 31.6 Å². The van der Waals surface area contributed by atoms with Crippen molar-refractivity contribution in [2.75, 3.05) is 0 Å². The van der Waals surface area contributed by atoms with Gasteiger partial charge in [-0.2, -0.15) is 11.3 Å². The lowest BCUT2D eigenvalue weighted by Crippen LogP contribution is -2.52. The molecule has 1 unspecified atom stereocenters. The van der Waals surface area contributed by atoms with Crippen molar-refractivity contribution in [3.8, 4) is 0 Å². The molecule has 8 nitrogen and oxygen atoms in total. The minimum atomic E-state index is -0.628. The summed E-state index contributed by atoms with van der Waals surface area (Å²) in [7, 11) is 0. The van der Waals surface area contributed by atoms with Gasteiger partial charge < -0.3 is 15.5 Å². The van der Waals surface area contributed by atoms with Crippen molar-refractivity contribution in [2.45, 2.75) is 38.5 Å². The molecule has 0 aliphatic carbocycles. The predicted molar refractivity (Wildman–Crippen MR) is 106 cm³/mol. The van der Waals surface area contributed by atoms with E-state index in [4.69, 9.17) is 0 Å². The third-order valence-corrected chi connectivity index (χ3v) is 5.81. The number of fused-ring (bicyclic) bond motifs is 1. The van der Waals surface area contributed by atoms with Gasteiger partial charge in [0.25, 0.3) is 5.91 Å². The number of hydrogen-bond acceptors (Lipinski definition) is 5. The molecule has 2 aliphatic heterocycles. The van der Waals surface area contributed by atoms with E-state index >= 15 is 0 Å². The predicted octanol–water partition coefficient (Wildman–Crippen LogP) is 1.51. The lowest BCUT2D eigenvalue weighted by atomic mass is 10.0. The maximum Gasteiger partial charge on any atom is 0.315 e. The largest absolute Gasteiger partial charge is 0.334 e. The molecular weight excluding hydrogens is 392 g/mol. The minimum absolute atomic E-state index is 0.224. The molecule has 3 heterocycles. The Bertz CT molecular complexity index is 973. The number of imide groups is 1. The van der Waals surface area contributed by atoms with Crippen LogP contribution in [0.3, 0.4) is 0 Å². The van der Waals surface area contributed by atoms with Crippen LogP contribution in [0.1, 0.15) is 39.9 Å². The lowest BCUT2D eigenvalue weighted by molar-refractivity contribution is -0.136. The Kier molecular flexibility index (Phi) is 5.30. The molecule has 29 heavy (non-hydrogen) atoms. The van der Waals surface area contributed by atoms with Crippen LogP contribution < -0.4 is 16.0 Å².